The zero-order valence-electron chi connectivity index (χ0n) is 14.7. The summed E-state index contributed by atoms with van der Waals surface area (Å²) in [7, 11) is 1.63. The van der Waals surface area contributed by atoms with Crippen LogP contribution in [-0.4, -0.2) is 45.7 Å². The first-order chi connectivity index (χ1) is 11.5. The van der Waals surface area contributed by atoms with Gasteiger partial charge in [0.05, 0.1) is 12.1 Å². The molecule has 0 bridgehead atoms. The van der Waals surface area contributed by atoms with E-state index in [1.165, 1.54) is 18.5 Å². The van der Waals surface area contributed by atoms with E-state index in [1.54, 1.807) is 25.6 Å². The molecule has 0 amide bonds. The number of benzene rings is 1. The molecule has 0 spiro atoms. The minimum absolute atomic E-state index is 0.359. The number of aliphatic hydroxyl groups is 1. The van der Waals surface area contributed by atoms with Crippen molar-refractivity contribution >= 4 is 5.69 Å². The van der Waals surface area contributed by atoms with Crippen molar-refractivity contribution in [2.45, 2.75) is 45.4 Å². The van der Waals surface area contributed by atoms with Crippen LogP contribution < -0.4 is 4.90 Å². The van der Waals surface area contributed by atoms with Gasteiger partial charge in [-0.3, -0.25) is 0 Å². The number of methoxy groups -OCH3 is 1. The molecule has 0 saturated carbocycles. The maximum atomic E-state index is 10.1. The van der Waals surface area contributed by atoms with Crippen LogP contribution in [0, 0.1) is 0 Å². The monoisotopic (exact) mass is 330 g/mol. The summed E-state index contributed by atoms with van der Waals surface area (Å²) in [6, 6.07) is 8.43. The fraction of sp³-hybridized carbons (Fsp3) is 0.556. The van der Waals surface area contributed by atoms with Crippen molar-refractivity contribution in [3.8, 4) is 11.4 Å². The van der Waals surface area contributed by atoms with E-state index in [0.717, 1.165) is 24.5 Å². The average molecular weight is 330 g/mol. The van der Waals surface area contributed by atoms with E-state index in [1.807, 2.05) is 0 Å². The van der Waals surface area contributed by atoms with Gasteiger partial charge in [-0.2, -0.15) is 5.10 Å². The number of hydrogen-bond acceptors (Lipinski definition) is 5. The van der Waals surface area contributed by atoms with Crippen LogP contribution in [0.25, 0.3) is 11.4 Å². The minimum atomic E-state index is -0.859. The van der Waals surface area contributed by atoms with Crippen LogP contribution in [0.1, 0.15) is 32.5 Å². The van der Waals surface area contributed by atoms with Gasteiger partial charge in [-0.15, -0.1) is 0 Å². The Bertz CT molecular complexity index is 667. The number of aromatic nitrogens is 3. The number of rotatable bonds is 6. The van der Waals surface area contributed by atoms with Crippen LogP contribution in [0.5, 0.6) is 0 Å². The maximum absolute atomic E-state index is 10.1. The Labute approximate surface area is 143 Å². The molecule has 6 heteroatoms. The van der Waals surface area contributed by atoms with E-state index in [4.69, 9.17) is 4.74 Å². The lowest BCUT2D eigenvalue weighted by Crippen LogP contribution is -2.27. The second-order valence-electron chi connectivity index (χ2n) is 7.00. The SMILES string of the molecule is COCc1nc(-c2ccc(N3CCCC3)cc2)n(CC(C)(C)O)n1. The maximum Gasteiger partial charge on any atom is 0.176 e. The summed E-state index contributed by atoms with van der Waals surface area (Å²) in [4.78, 5) is 6.99. The summed E-state index contributed by atoms with van der Waals surface area (Å²) in [5, 5.41) is 14.6. The molecule has 0 atom stereocenters. The molecule has 130 valence electrons. The van der Waals surface area contributed by atoms with Crippen LogP contribution >= 0.6 is 0 Å². The largest absolute Gasteiger partial charge is 0.389 e. The topological polar surface area (TPSA) is 63.4 Å². The van der Waals surface area contributed by atoms with Crippen molar-refractivity contribution in [3.05, 3.63) is 30.1 Å². The van der Waals surface area contributed by atoms with Gasteiger partial charge in [0.2, 0.25) is 0 Å². The van der Waals surface area contributed by atoms with Crippen LogP contribution in [0.15, 0.2) is 24.3 Å². The van der Waals surface area contributed by atoms with Crippen LogP contribution in [0.4, 0.5) is 5.69 Å². The van der Waals surface area contributed by atoms with Gasteiger partial charge in [0.1, 0.15) is 6.61 Å². The smallest absolute Gasteiger partial charge is 0.176 e. The molecule has 3 rings (SSSR count). The van der Waals surface area contributed by atoms with E-state index >= 15 is 0 Å². The minimum Gasteiger partial charge on any atom is -0.389 e. The lowest BCUT2D eigenvalue weighted by molar-refractivity contribution is 0.0578. The first-order valence-corrected chi connectivity index (χ1v) is 8.47. The van der Waals surface area contributed by atoms with Crippen molar-refractivity contribution in [2.75, 3.05) is 25.1 Å². The van der Waals surface area contributed by atoms with Crippen molar-refractivity contribution in [3.63, 3.8) is 0 Å². The molecule has 1 aromatic heterocycles. The Kier molecular flexibility index (Phi) is 4.87. The second kappa shape index (κ2) is 6.91. The summed E-state index contributed by atoms with van der Waals surface area (Å²) in [6.45, 7) is 6.54. The Morgan fingerprint density at radius 3 is 2.42 bits per heavy atom. The highest BCUT2D eigenvalue weighted by atomic mass is 16.5. The highest BCUT2D eigenvalue weighted by molar-refractivity contribution is 5.61. The molecule has 1 saturated heterocycles. The summed E-state index contributed by atoms with van der Waals surface area (Å²) in [6.07, 6.45) is 2.53. The molecule has 0 aliphatic carbocycles. The molecule has 1 aromatic carbocycles. The first-order valence-electron chi connectivity index (χ1n) is 8.47. The zero-order valence-corrected chi connectivity index (χ0v) is 14.7. The van der Waals surface area contributed by atoms with Gasteiger partial charge in [-0.25, -0.2) is 9.67 Å². The molecular formula is C18H26N4O2. The second-order valence-corrected chi connectivity index (χ2v) is 7.00. The molecule has 1 fully saturated rings. The molecule has 1 aliphatic rings. The van der Waals surface area contributed by atoms with Crippen molar-refractivity contribution in [2.24, 2.45) is 0 Å². The highest BCUT2D eigenvalue weighted by Crippen LogP contribution is 2.25. The number of anilines is 1. The van der Waals surface area contributed by atoms with Crippen LogP contribution in [0.2, 0.25) is 0 Å². The fourth-order valence-electron chi connectivity index (χ4n) is 3.07. The van der Waals surface area contributed by atoms with Gasteiger partial charge in [0.15, 0.2) is 11.6 Å². The molecule has 6 nitrogen and oxygen atoms in total. The summed E-state index contributed by atoms with van der Waals surface area (Å²) >= 11 is 0. The zero-order chi connectivity index (χ0) is 17.2. The van der Waals surface area contributed by atoms with Gasteiger partial charge < -0.3 is 14.7 Å². The predicted octanol–water partition coefficient (Wildman–Crippen LogP) is 2.46. The van der Waals surface area contributed by atoms with Crippen molar-refractivity contribution < 1.29 is 9.84 Å². The van der Waals surface area contributed by atoms with Gasteiger partial charge in [-0.1, -0.05) is 0 Å². The Hall–Kier alpha value is -1.92. The average Bonchev–Trinajstić information content (AvgIpc) is 3.16. The van der Waals surface area contributed by atoms with E-state index < -0.39 is 5.60 Å². The van der Waals surface area contributed by atoms with Gasteiger partial charge in [0, 0.05) is 31.5 Å². The third-order valence-corrected chi connectivity index (χ3v) is 4.12. The Balaban J connectivity index is 1.88. The molecular weight excluding hydrogens is 304 g/mol. The number of hydrogen-bond donors (Lipinski definition) is 1. The number of nitrogens with zero attached hydrogens (tertiary/aromatic N) is 4. The van der Waals surface area contributed by atoms with E-state index in [-0.39, 0.29) is 0 Å². The molecule has 1 aliphatic heterocycles. The normalized spacial score (nSPS) is 15.2. The molecule has 2 aromatic rings. The predicted molar refractivity (Wildman–Crippen MR) is 93.9 cm³/mol. The summed E-state index contributed by atoms with van der Waals surface area (Å²) in [5.41, 5.74) is 1.39. The fourth-order valence-corrected chi connectivity index (χ4v) is 3.07. The lowest BCUT2D eigenvalue weighted by Gasteiger charge is -2.19. The molecule has 0 unspecified atom stereocenters. The highest BCUT2D eigenvalue weighted by Gasteiger charge is 2.20. The van der Waals surface area contributed by atoms with E-state index in [2.05, 4.69) is 39.2 Å². The first kappa shape index (κ1) is 16.9. The lowest BCUT2D eigenvalue weighted by atomic mass is 10.1. The molecule has 2 heterocycles. The molecule has 1 N–H and O–H groups in total. The standard InChI is InChI=1S/C18H26N4O2/c1-18(2,23)13-22-17(19-16(20-22)12-24-3)14-6-8-15(9-7-14)21-10-4-5-11-21/h6-9,23H,4-5,10-13H2,1-3H3. The molecule has 0 radical (unpaired) electrons. The van der Waals surface area contributed by atoms with Gasteiger partial charge in [0.25, 0.3) is 0 Å². The summed E-state index contributed by atoms with van der Waals surface area (Å²) < 4.78 is 6.90. The Morgan fingerprint density at radius 2 is 1.83 bits per heavy atom. The van der Waals surface area contributed by atoms with Gasteiger partial charge >= 0.3 is 0 Å². The van der Waals surface area contributed by atoms with Gasteiger partial charge in [-0.05, 0) is 51.0 Å². The van der Waals surface area contributed by atoms with Crippen LogP contribution in [0.3, 0.4) is 0 Å². The number of ether oxygens (including phenoxy) is 1. The van der Waals surface area contributed by atoms with E-state index in [0.29, 0.717) is 19.0 Å². The van der Waals surface area contributed by atoms with Crippen LogP contribution in [-0.2, 0) is 17.9 Å². The Morgan fingerprint density at radius 1 is 1.17 bits per heavy atom. The quantitative estimate of drug-likeness (QED) is 0.881. The van der Waals surface area contributed by atoms with E-state index in [9.17, 15) is 5.11 Å². The van der Waals surface area contributed by atoms with Crippen molar-refractivity contribution in [1.29, 1.82) is 0 Å². The third kappa shape index (κ3) is 3.94. The molecule has 24 heavy (non-hydrogen) atoms. The third-order valence-electron chi connectivity index (χ3n) is 4.12. The summed E-state index contributed by atoms with van der Waals surface area (Å²) in [5.74, 6) is 1.39. The van der Waals surface area contributed by atoms with Crippen molar-refractivity contribution in [1.82, 2.24) is 14.8 Å².